The maximum atomic E-state index is 12.0. The third kappa shape index (κ3) is 12.0. The molecule has 0 amide bonds. The van der Waals surface area contributed by atoms with Crippen LogP contribution in [-0.2, 0) is 54.3 Å². The SMILES string of the molecule is CC(C)(C)OC(=O)Cc1ccc2c(c1)CC[C@H](C[C@@H](C(=O)O)C1CC1)O2.CC(C)(C)OC(=O)Cc1ccc2c(c1)CC[C@H](C[C@H](C(=O)O)C1CC1)O2. The Balaban J connectivity index is 0.000000201. The second kappa shape index (κ2) is 16.3. The summed E-state index contributed by atoms with van der Waals surface area (Å²) in [5, 5.41) is 18.8. The van der Waals surface area contributed by atoms with Gasteiger partial charge in [-0.2, -0.15) is 0 Å². The van der Waals surface area contributed by atoms with Gasteiger partial charge in [-0.05, 0) is 152 Å². The average molecular weight is 721 g/mol. The van der Waals surface area contributed by atoms with Gasteiger partial charge in [-0.1, -0.05) is 24.3 Å². The van der Waals surface area contributed by atoms with Crippen molar-refractivity contribution in [3.63, 3.8) is 0 Å². The van der Waals surface area contributed by atoms with Crippen molar-refractivity contribution in [3.8, 4) is 11.5 Å². The van der Waals surface area contributed by atoms with E-state index in [4.69, 9.17) is 18.9 Å². The molecule has 0 spiro atoms. The van der Waals surface area contributed by atoms with Crippen LogP contribution in [0.5, 0.6) is 11.5 Å². The van der Waals surface area contributed by atoms with Gasteiger partial charge in [-0.3, -0.25) is 19.2 Å². The van der Waals surface area contributed by atoms with E-state index >= 15 is 0 Å². The second-order valence-corrected chi connectivity index (χ2v) is 17.0. The molecule has 0 aromatic heterocycles. The number of hydrogen-bond donors (Lipinski definition) is 2. The molecule has 4 atom stereocenters. The molecule has 2 saturated carbocycles. The summed E-state index contributed by atoms with van der Waals surface area (Å²) >= 11 is 0. The van der Waals surface area contributed by atoms with E-state index in [1.807, 2.05) is 77.9 Å². The molecule has 2 N–H and O–H groups in total. The summed E-state index contributed by atoms with van der Waals surface area (Å²) in [6, 6.07) is 11.6. The fourth-order valence-electron chi connectivity index (χ4n) is 7.19. The highest BCUT2D eigenvalue weighted by Gasteiger charge is 2.40. The predicted octanol–water partition coefficient (Wildman–Crippen LogP) is 7.53. The van der Waals surface area contributed by atoms with Gasteiger partial charge < -0.3 is 29.2 Å². The summed E-state index contributed by atoms with van der Waals surface area (Å²) in [4.78, 5) is 46.9. The zero-order valence-electron chi connectivity index (χ0n) is 31.6. The molecular formula is C42H56O10. The standard InChI is InChI=1S/2C21H28O5/c2*1-21(2,3)26-19(22)11-13-4-9-18-15(10-13)7-8-16(25-18)12-17(20(23)24)14-5-6-14/h2*4,9-10,14,16-17H,5-8,11-12H2,1-3H3,(H,23,24)/t16-,17+;16-,17-/m11/s1. The maximum Gasteiger partial charge on any atom is 0.310 e. The minimum Gasteiger partial charge on any atom is -0.490 e. The van der Waals surface area contributed by atoms with E-state index in [-0.39, 0.29) is 48.8 Å². The van der Waals surface area contributed by atoms with Crippen molar-refractivity contribution in [2.24, 2.45) is 23.7 Å². The minimum atomic E-state index is -0.699. The average Bonchev–Trinajstić information content (AvgIpc) is 3.96. The Morgan fingerprint density at radius 2 is 1.00 bits per heavy atom. The third-order valence-electron chi connectivity index (χ3n) is 9.90. The summed E-state index contributed by atoms with van der Waals surface area (Å²) in [6.07, 6.45) is 9.00. The molecule has 6 rings (SSSR count). The molecule has 2 aromatic carbocycles. The largest absolute Gasteiger partial charge is 0.490 e. The van der Waals surface area contributed by atoms with Crippen LogP contribution in [0.4, 0.5) is 0 Å². The van der Waals surface area contributed by atoms with E-state index in [2.05, 4.69) is 0 Å². The van der Waals surface area contributed by atoms with Gasteiger partial charge in [0.2, 0.25) is 0 Å². The lowest BCUT2D eigenvalue weighted by molar-refractivity contribution is -0.155. The van der Waals surface area contributed by atoms with Crippen molar-refractivity contribution in [2.75, 3.05) is 0 Å². The summed E-state index contributed by atoms with van der Waals surface area (Å²) in [5.74, 6) is -0.155. The summed E-state index contributed by atoms with van der Waals surface area (Å²) < 4.78 is 22.8. The fraction of sp³-hybridized carbons (Fsp3) is 0.619. The molecule has 284 valence electrons. The molecule has 0 saturated heterocycles. The molecule has 52 heavy (non-hydrogen) atoms. The van der Waals surface area contributed by atoms with E-state index in [1.165, 1.54) is 0 Å². The van der Waals surface area contributed by atoms with Crippen LogP contribution >= 0.6 is 0 Å². The highest BCUT2D eigenvalue weighted by atomic mass is 16.6. The van der Waals surface area contributed by atoms with Gasteiger partial charge in [0.25, 0.3) is 0 Å². The van der Waals surface area contributed by atoms with Crippen LogP contribution in [0.3, 0.4) is 0 Å². The van der Waals surface area contributed by atoms with E-state index in [0.29, 0.717) is 24.7 Å². The normalized spacial score (nSPS) is 20.7. The quantitative estimate of drug-likeness (QED) is 0.211. The Hall–Kier alpha value is -4.08. The number of rotatable bonds is 12. The first-order valence-electron chi connectivity index (χ1n) is 18.9. The first kappa shape index (κ1) is 39.1. The summed E-state index contributed by atoms with van der Waals surface area (Å²) in [5.41, 5.74) is 3.04. The Morgan fingerprint density at radius 1 is 0.635 bits per heavy atom. The lowest BCUT2D eigenvalue weighted by Gasteiger charge is -2.28. The van der Waals surface area contributed by atoms with Gasteiger partial charge in [0, 0.05) is 0 Å². The number of carbonyl (C=O) groups excluding carboxylic acids is 2. The number of carboxylic acids is 2. The molecule has 4 aliphatic rings. The van der Waals surface area contributed by atoms with Crippen LogP contribution < -0.4 is 9.47 Å². The number of ether oxygens (including phenoxy) is 4. The molecule has 2 aromatic rings. The second-order valence-electron chi connectivity index (χ2n) is 17.0. The number of esters is 2. The third-order valence-corrected chi connectivity index (χ3v) is 9.90. The summed E-state index contributed by atoms with van der Waals surface area (Å²) in [7, 11) is 0. The van der Waals surface area contributed by atoms with E-state index in [0.717, 1.165) is 85.1 Å². The van der Waals surface area contributed by atoms with Crippen molar-refractivity contribution in [2.45, 2.75) is 142 Å². The van der Waals surface area contributed by atoms with Crippen LogP contribution in [-0.4, -0.2) is 57.5 Å². The zero-order valence-corrected chi connectivity index (χ0v) is 31.6. The summed E-state index contributed by atoms with van der Waals surface area (Å²) in [6.45, 7) is 11.2. The Labute approximate surface area is 307 Å². The molecular weight excluding hydrogens is 664 g/mol. The Morgan fingerprint density at radius 3 is 1.31 bits per heavy atom. The molecule has 0 radical (unpaired) electrons. The lowest BCUT2D eigenvalue weighted by atomic mass is 9.91. The number of carboxylic acid groups (broad SMARTS) is 2. The fourth-order valence-corrected chi connectivity index (χ4v) is 7.19. The topological polar surface area (TPSA) is 146 Å². The van der Waals surface area contributed by atoms with Gasteiger partial charge in [-0.25, -0.2) is 0 Å². The van der Waals surface area contributed by atoms with Crippen LogP contribution in [0.1, 0.15) is 115 Å². The molecule has 10 nitrogen and oxygen atoms in total. The smallest absolute Gasteiger partial charge is 0.310 e. The van der Waals surface area contributed by atoms with Crippen LogP contribution in [0.25, 0.3) is 0 Å². The van der Waals surface area contributed by atoms with Crippen LogP contribution in [0.2, 0.25) is 0 Å². The molecule has 2 heterocycles. The first-order valence-corrected chi connectivity index (χ1v) is 18.9. The van der Waals surface area contributed by atoms with Gasteiger partial charge in [-0.15, -0.1) is 0 Å². The number of aliphatic carboxylic acids is 2. The molecule has 0 unspecified atom stereocenters. The van der Waals surface area contributed by atoms with Crippen molar-refractivity contribution >= 4 is 23.9 Å². The van der Waals surface area contributed by atoms with Gasteiger partial charge in [0.15, 0.2) is 0 Å². The molecule has 0 bridgehead atoms. The molecule has 2 aliphatic heterocycles. The maximum absolute atomic E-state index is 12.0. The van der Waals surface area contributed by atoms with E-state index in [1.54, 1.807) is 0 Å². The number of fused-ring (bicyclic) bond motifs is 2. The Bertz CT molecular complexity index is 1490. The predicted molar refractivity (Wildman–Crippen MR) is 194 cm³/mol. The van der Waals surface area contributed by atoms with Crippen molar-refractivity contribution < 1.29 is 48.3 Å². The number of aryl methyl sites for hydroxylation is 2. The number of hydrogen-bond acceptors (Lipinski definition) is 8. The highest BCUT2D eigenvalue weighted by molar-refractivity contribution is 5.74. The minimum absolute atomic E-state index is 0.0408. The lowest BCUT2D eigenvalue weighted by Crippen LogP contribution is -2.29. The van der Waals surface area contributed by atoms with Crippen LogP contribution in [0, 0.1) is 23.7 Å². The van der Waals surface area contributed by atoms with Crippen molar-refractivity contribution in [3.05, 3.63) is 58.7 Å². The first-order chi connectivity index (χ1) is 24.4. The molecule has 2 fully saturated rings. The monoisotopic (exact) mass is 720 g/mol. The van der Waals surface area contributed by atoms with Gasteiger partial charge in [0.1, 0.15) is 22.7 Å². The van der Waals surface area contributed by atoms with Crippen molar-refractivity contribution in [1.82, 2.24) is 0 Å². The molecule has 10 heteroatoms. The number of benzene rings is 2. The van der Waals surface area contributed by atoms with E-state index in [9.17, 15) is 29.4 Å². The Kier molecular flexibility index (Phi) is 12.3. The van der Waals surface area contributed by atoms with E-state index < -0.39 is 23.1 Å². The zero-order chi connectivity index (χ0) is 37.8. The molecule has 2 aliphatic carbocycles. The van der Waals surface area contributed by atoms with Crippen LogP contribution in [0.15, 0.2) is 36.4 Å². The van der Waals surface area contributed by atoms with Gasteiger partial charge >= 0.3 is 23.9 Å². The van der Waals surface area contributed by atoms with Gasteiger partial charge in [0.05, 0.1) is 36.9 Å². The van der Waals surface area contributed by atoms with Crippen molar-refractivity contribution in [1.29, 1.82) is 0 Å². The highest BCUT2D eigenvalue weighted by Crippen LogP contribution is 2.42. The number of carbonyl (C=O) groups is 4.